The van der Waals surface area contributed by atoms with Crippen LogP contribution in [-0.4, -0.2) is 9.78 Å². The third kappa shape index (κ3) is 1.69. The Balaban J connectivity index is 2.62. The van der Waals surface area contributed by atoms with E-state index in [1.807, 2.05) is 10.7 Å². The van der Waals surface area contributed by atoms with Gasteiger partial charge in [-0.05, 0) is 31.4 Å². The number of anilines is 1. The second kappa shape index (κ2) is 4.00. The maximum atomic E-state index is 5.99. The molecular weight excluding hydrogens is 198 g/mol. The summed E-state index contributed by atoms with van der Waals surface area (Å²) in [5, 5.41) is 4.51. The van der Waals surface area contributed by atoms with Gasteiger partial charge in [0.05, 0.1) is 11.4 Å². The molecule has 0 unspecified atom stereocenters. The van der Waals surface area contributed by atoms with Crippen LogP contribution >= 0.6 is 0 Å². The van der Waals surface area contributed by atoms with E-state index in [1.54, 1.807) is 0 Å². The highest BCUT2D eigenvalue weighted by Gasteiger charge is 2.10. The van der Waals surface area contributed by atoms with Crippen molar-refractivity contribution in [1.29, 1.82) is 0 Å². The first kappa shape index (κ1) is 10.7. The second-order valence-electron chi connectivity index (χ2n) is 4.07. The lowest BCUT2D eigenvalue weighted by Gasteiger charge is -2.10. The first-order valence-corrected chi connectivity index (χ1v) is 5.54. The highest BCUT2D eigenvalue weighted by molar-refractivity contribution is 5.51. The van der Waals surface area contributed by atoms with E-state index in [9.17, 15) is 0 Å². The van der Waals surface area contributed by atoms with E-state index in [0.717, 1.165) is 17.8 Å². The van der Waals surface area contributed by atoms with Gasteiger partial charge in [-0.25, -0.2) is 4.68 Å². The van der Waals surface area contributed by atoms with Crippen LogP contribution in [0.25, 0.3) is 5.69 Å². The zero-order valence-electron chi connectivity index (χ0n) is 9.99. The molecule has 0 atom stereocenters. The lowest BCUT2D eigenvalue weighted by atomic mass is 10.1. The average molecular weight is 215 g/mol. The van der Waals surface area contributed by atoms with Gasteiger partial charge < -0.3 is 5.73 Å². The Kier molecular flexibility index (Phi) is 2.69. The zero-order chi connectivity index (χ0) is 11.7. The van der Waals surface area contributed by atoms with Crippen LogP contribution in [0.4, 0.5) is 5.82 Å². The minimum absolute atomic E-state index is 0.703. The van der Waals surface area contributed by atoms with Gasteiger partial charge in [0.2, 0.25) is 0 Å². The van der Waals surface area contributed by atoms with Crippen molar-refractivity contribution in [2.24, 2.45) is 0 Å². The van der Waals surface area contributed by atoms with Crippen molar-refractivity contribution in [2.75, 3.05) is 5.73 Å². The molecule has 0 amide bonds. The van der Waals surface area contributed by atoms with Crippen molar-refractivity contribution in [1.82, 2.24) is 9.78 Å². The molecule has 16 heavy (non-hydrogen) atoms. The van der Waals surface area contributed by atoms with E-state index < -0.39 is 0 Å². The van der Waals surface area contributed by atoms with Crippen LogP contribution in [0, 0.1) is 13.8 Å². The molecule has 1 aromatic carbocycles. The first-order valence-electron chi connectivity index (χ1n) is 5.54. The monoisotopic (exact) mass is 215 g/mol. The van der Waals surface area contributed by atoms with Gasteiger partial charge in [0.15, 0.2) is 0 Å². The zero-order valence-corrected chi connectivity index (χ0v) is 9.99. The number of benzene rings is 1. The second-order valence-corrected chi connectivity index (χ2v) is 4.07. The number of nitrogens with two attached hydrogens (primary N) is 1. The topological polar surface area (TPSA) is 43.8 Å². The largest absolute Gasteiger partial charge is 0.384 e. The molecule has 0 spiro atoms. The van der Waals surface area contributed by atoms with Crippen LogP contribution in [0.1, 0.15) is 23.7 Å². The summed E-state index contributed by atoms with van der Waals surface area (Å²) < 4.78 is 1.84. The smallest absolute Gasteiger partial charge is 0.127 e. The van der Waals surface area contributed by atoms with Crippen LogP contribution in [0.2, 0.25) is 0 Å². The Morgan fingerprint density at radius 3 is 2.38 bits per heavy atom. The van der Waals surface area contributed by atoms with E-state index >= 15 is 0 Å². The van der Waals surface area contributed by atoms with Gasteiger partial charge in [0.25, 0.3) is 0 Å². The Morgan fingerprint density at radius 2 is 1.88 bits per heavy atom. The molecule has 1 heterocycles. The number of nitrogens with zero attached hydrogens (tertiary/aromatic N) is 2. The first-order chi connectivity index (χ1) is 7.63. The van der Waals surface area contributed by atoms with Gasteiger partial charge in [-0.15, -0.1) is 0 Å². The molecule has 0 saturated heterocycles. The molecule has 84 valence electrons. The summed E-state index contributed by atoms with van der Waals surface area (Å²) in [7, 11) is 0. The molecule has 0 radical (unpaired) electrons. The molecular formula is C13H17N3. The molecule has 2 rings (SSSR count). The average Bonchev–Trinajstić information content (AvgIpc) is 2.60. The van der Waals surface area contributed by atoms with Crippen LogP contribution in [0.15, 0.2) is 24.3 Å². The van der Waals surface area contributed by atoms with Crippen LogP contribution in [0.5, 0.6) is 0 Å². The van der Waals surface area contributed by atoms with Gasteiger partial charge in [-0.1, -0.05) is 25.1 Å². The van der Waals surface area contributed by atoms with Gasteiger partial charge in [0, 0.05) is 6.07 Å². The summed E-state index contributed by atoms with van der Waals surface area (Å²) in [6, 6.07) is 8.14. The number of rotatable bonds is 2. The Labute approximate surface area is 95.9 Å². The van der Waals surface area contributed by atoms with Crippen molar-refractivity contribution < 1.29 is 0 Å². The Hall–Kier alpha value is -1.77. The molecule has 2 aromatic rings. The molecule has 0 aliphatic heterocycles. The predicted octanol–water partition coefficient (Wildman–Crippen LogP) is 2.63. The number of hydrogen-bond acceptors (Lipinski definition) is 2. The maximum absolute atomic E-state index is 5.99. The Morgan fingerprint density at radius 1 is 1.25 bits per heavy atom. The molecule has 0 bridgehead atoms. The highest BCUT2D eigenvalue weighted by atomic mass is 15.3. The number of para-hydroxylation sites is 1. The summed E-state index contributed by atoms with van der Waals surface area (Å²) in [6.45, 7) is 6.24. The summed E-state index contributed by atoms with van der Waals surface area (Å²) in [5.41, 5.74) is 10.5. The fourth-order valence-electron chi connectivity index (χ4n) is 1.94. The SMILES string of the molecule is CCc1cc(N)n(-c2c(C)cccc2C)n1. The lowest BCUT2D eigenvalue weighted by Crippen LogP contribution is -2.05. The summed E-state index contributed by atoms with van der Waals surface area (Å²) in [5.74, 6) is 0.703. The third-order valence-corrected chi connectivity index (χ3v) is 2.80. The molecule has 0 saturated carbocycles. The highest BCUT2D eigenvalue weighted by Crippen LogP contribution is 2.21. The summed E-state index contributed by atoms with van der Waals surface area (Å²) >= 11 is 0. The number of aryl methyl sites for hydroxylation is 3. The molecule has 0 fully saturated rings. The standard InChI is InChI=1S/C13H17N3/c1-4-11-8-12(14)16(15-11)13-9(2)6-5-7-10(13)3/h5-8H,4,14H2,1-3H3. The van der Waals surface area contributed by atoms with Gasteiger partial charge >= 0.3 is 0 Å². The van der Waals surface area contributed by atoms with Gasteiger partial charge in [0.1, 0.15) is 5.82 Å². The molecule has 0 aliphatic carbocycles. The van der Waals surface area contributed by atoms with Crippen molar-refractivity contribution in [3.05, 3.63) is 41.1 Å². The van der Waals surface area contributed by atoms with Crippen molar-refractivity contribution in [2.45, 2.75) is 27.2 Å². The predicted molar refractivity (Wildman–Crippen MR) is 66.8 cm³/mol. The minimum atomic E-state index is 0.703. The fourth-order valence-corrected chi connectivity index (χ4v) is 1.94. The molecule has 3 heteroatoms. The number of aromatic nitrogens is 2. The van der Waals surface area contributed by atoms with Crippen molar-refractivity contribution >= 4 is 5.82 Å². The van der Waals surface area contributed by atoms with Crippen molar-refractivity contribution in [3.63, 3.8) is 0 Å². The van der Waals surface area contributed by atoms with Crippen LogP contribution in [0.3, 0.4) is 0 Å². The molecule has 1 aromatic heterocycles. The number of hydrogen-bond donors (Lipinski definition) is 1. The van der Waals surface area contributed by atoms with Crippen LogP contribution in [-0.2, 0) is 6.42 Å². The minimum Gasteiger partial charge on any atom is -0.384 e. The van der Waals surface area contributed by atoms with E-state index in [0.29, 0.717) is 5.82 Å². The van der Waals surface area contributed by atoms with E-state index in [-0.39, 0.29) is 0 Å². The van der Waals surface area contributed by atoms with E-state index in [1.165, 1.54) is 11.1 Å². The summed E-state index contributed by atoms with van der Waals surface area (Å²) in [6.07, 6.45) is 0.905. The lowest BCUT2D eigenvalue weighted by molar-refractivity contribution is 0.837. The summed E-state index contributed by atoms with van der Waals surface area (Å²) in [4.78, 5) is 0. The number of nitrogen functional groups attached to an aromatic ring is 1. The van der Waals surface area contributed by atoms with Gasteiger partial charge in [-0.2, -0.15) is 5.10 Å². The van der Waals surface area contributed by atoms with Crippen molar-refractivity contribution in [3.8, 4) is 5.69 Å². The molecule has 3 nitrogen and oxygen atoms in total. The maximum Gasteiger partial charge on any atom is 0.127 e. The van der Waals surface area contributed by atoms with E-state index in [4.69, 9.17) is 5.73 Å². The molecule has 0 aliphatic rings. The van der Waals surface area contributed by atoms with E-state index in [2.05, 4.69) is 44.1 Å². The quantitative estimate of drug-likeness (QED) is 0.837. The van der Waals surface area contributed by atoms with Gasteiger partial charge in [-0.3, -0.25) is 0 Å². The van der Waals surface area contributed by atoms with Crippen LogP contribution < -0.4 is 5.73 Å². The fraction of sp³-hybridized carbons (Fsp3) is 0.308. The normalized spacial score (nSPS) is 10.7. The Bertz CT molecular complexity index is 492. The molecule has 2 N–H and O–H groups in total. The third-order valence-electron chi connectivity index (χ3n) is 2.80.